The Bertz CT molecular complexity index is 1100. The van der Waals surface area contributed by atoms with Crippen LogP contribution in [-0.2, 0) is 27.4 Å². The fraction of sp³-hybridized carbons (Fsp3) is 0.448. The molecule has 2 aromatic rings. The van der Waals surface area contributed by atoms with E-state index >= 15 is 0 Å². The van der Waals surface area contributed by atoms with E-state index in [1.54, 1.807) is 0 Å². The summed E-state index contributed by atoms with van der Waals surface area (Å²) in [6.45, 7) is 8.51. The fourth-order valence-electron chi connectivity index (χ4n) is 4.52. The topological polar surface area (TPSA) is 63.2 Å². The van der Waals surface area contributed by atoms with Crippen molar-refractivity contribution in [3.8, 4) is 11.5 Å². The number of hydrogen-bond donors (Lipinski definition) is 2. The summed E-state index contributed by atoms with van der Waals surface area (Å²) in [4.78, 5) is 1.92. The molecule has 6 nitrogen and oxygen atoms in total. The Morgan fingerprint density at radius 1 is 1.08 bits per heavy atom. The SMILES string of the molecule is C[Si](C)(C)C#C[C@]1(O)[C@H](OCc2ccccc2)[C@@](CCl)(COCc2ccccc2)O[C@H]1N1C=CCNC1. The van der Waals surface area contributed by atoms with Crippen LogP contribution in [0.3, 0.4) is 0 Å². The quantitative estimate of drug-likeness (QED) is 0.283. The zero-order valence-electron chi connectivity index (χ0n) is 21.8. The van der Waals surface area contributed by atoms with Crippen LogP contribution in [0.1, 0.15) is 11.1 Å². The lowest BCUT2D eigenvalue weighted by Gasteiger charge is -2.37. The summed E-state index contributed by atoms with van der Waals surface area (Å²) in [5, 5.41) is 15.7. The third-order valence-electron chi connectivity index (χ3n) is 6.34. The van der Waals surface area contributed by atoms with Crippen molar-refractivity contribution in [1.82, 2.24) is 10.2 Å². The Hall–Kier alpha value is -2.15. The number of ether oxygens (including phenoxy) is 3. The number of halogens is 1. The highest BCUT2D eigenvalue weighted by molar-refractivity contribution is 6.83. The van der Waals surface area contributed by atoms with Crippen molar-refractivity contribution in [3.05, 3.63) is 84.1 Å². The van der Waals surface area contributed by atoms with Gasteiger partial charge in [-0.15, -0.1) is 17.1 Å². The van der Waals surface area contributed by atoms with E-state index < -0.39 is 31.6 Å². The molecule has 2 aromatic carbocycles. The van der Waals surface area contributed by atoms with Gasteiger partial charge in [-0.25, -0.2) is 0 Å². The second-order valence-corrected chi connectivity index (χ2v) is 15.7. The van der Waals surface area contributed by atoms with Gasteiger partial charge in [0.25, 0.3) is 0 Å². The summed E-state index contributed by atoms with van der Waals surface area (Å²) in [6.07, 6.45) is 2.29. The van der Waals surface area contributed by atoms with Crippen molar-refractivity contribution in [2.45, 2.75) is 56.4 Å². The molecular formula is C29H37ClN2O4Si. The summed E-state index contributed by atoms with van der Waals surface area (Å²) in [7, 11) is -1.84. The zero-order chi connectivity index (χ0) is 26.4. The molecule has 0 radical (unpaired) electrons. The van der Waals surface area contributed by atoms with Crippen LogP contribution >= 0.6 is 11.6 Å². The molecule has 0 amide bonds. The van der Waals surface area contributed by atoms with E-state index in [1.807, 2.05) is 77.8 Å². The molecule has 0 bridgehead atoms. The minimum absolute atomic E-state index is 0.0691. The molecule has 0 aromatic heterocycles. The standard InChI is InChI=1S/C29H37ClN2O4Si/c1-37(2,3)18-15-29(33)26(35-20-25-13-8-5-9-14-25)28(21-30,22-34-19-24-11-6-4-7-12-24)36-27(29)32-17-10-16-31-23-32/h4-14,17,26-27,31,33H,16,19-23H2,1-3H3/t26-,27-,28-,29+/m1/s1. The van der Waals surface area contributed by atoms with Gasteiger partial charge in [0.05, 0.1) is 32.4 Å². The maximum atomic E-state index is 12.4. The molecule has 4 rings (SSSR count). The summed E-state index contributed by atoms with van der Waals surface area (Å²) in [5.41, 5.74) is 2.64. The Balaban J connectivity index is 1.70. The average molecular weight is 541 g/mol. The summed E-state index contributed by atoms with van der Waals surface area (Å²) < 4.78 is 19.3. The number of rotatable bonds is 9. The van der Waals surface area contributed by atoms with Gasteiger partial charge in [0.1, 0.15) is 19.8 Å². The summed E-state index contributed by atoms with van der Waals surface area (Å²) >= 11 is 6.66. The molecule has 37 heavy (non-hydrogen) atoms. The first-order chi connectivity index (χ1) is 17.8. The first kappa shape index (κ1) is 27.9. The van der Waals surface area contributed by atoms with E-state index in [0.29, 0.717) is 13.3 Å². The van der Waals surface area contributed by atoms with Crippen molar-refractivity contribution in [1.29, 1.82) is 0 Å². The molecule has 1 saturated heterocycles. The minimum atomic E-state index is -1.84. The molecule has 2 aliphatic rings. The van der Waals surface area contributed by atoms with Crippen molar-refractivity contribution >= 4 is 19.7 Å². The highest BCUT2D eigenvalue weighted by Gasteiger charge is 2.65. The Labute approximate surface area is 226 Å². The maximum absolute atomic E-state index is 12.4. The molecule has 2 aliphatic heterocycles. The summed E-state index contributed by atoms with van der Waals surface area (Å²) in [5.74, 6) is 3.30. The van der Waals surface area contributed by atoms with Gasteiger partial charge < -0.3 is 24.2 Å². The Morgan fingerprint density at radius 2 is 1.73 bits per heavy atom. The van der Waals surface area contributed by atoms with Crippen LogP contribution in [0.2, 0.25) is 19.6 Å². The van der Waals surface area contributed by atoms with Crippen LogP contribution in [0.25, 0.3) is 0 Å². The lowest BCUT2D eigenvalue weighted by atomic mass is 9.87. The van der Waals surface area contributed by atoms with Gasteiger partial charge in [-0.2, -0.15) is 0 Å². The van der Waals surface area contributed by atoms with Gasteiger partial charge in [-0.05, 0) is 11.1 Å². The number of aliphatic hydroxyl groups is 1. The molecule has 198 valence electrons. The van der Waals surface area contributed by atoms with Gasteiger partial charge in [0.15, 0.2) is 11.8 Å². The van der Waals surface area contributed by atoms with E-state index in [4.69, 9.17) is 25.8 Å². The van der Waals surface area contributed by atoms with Crippen LogP contribution in [0.4, 0.5) is 0 Å². The van der Waals surface area contributed by atoms with Crippen LogP contribution < -0.4 is 5.32 Å². The first-order valence-electron chi connectivity index (χ1n) is 12.7. The molecule has 0 spiro atoms. The first-order valence-corrected chi connectivity index (χ1v) is 16.7. The number of hydrogen-bond acceptors (Lipinski definition) is 6. The third kappa shape index (κ3) is 6.84. The molecule has 0 unspecified atom stereocenters. The average Bonchev–Trinajstić information content (AvgIpc) is 3.16. The van der Waals surface area contributed by atoms with Crippen LogP contribution in [0, 0.1) is 11.5 Å². The lowest BCUT2D eigenvalue weighted by Crippen LogP contribution is -2.58. The van der Waals surface area contributed by atoms with Gasteiger partial charge in [0, 0.05) is 12.7 Å². The summed E-state index contributed by atoms with van der Waals surface area (Å²) in [6, 6.07) is 19.8. The molecule has 1 fully saturated rings. The lowest BCUT2D eigenvalue weighted by molar-refractivity contribution is -0.152. The van der Waals surface area contributed by atoms with E-state index in [2.05, 4.69) is 36.4 Å². The van der Waals surface area contributed by atoms with E-state index in [1.165, 1.54) is 0 Å². The predicted octanol–water partition coefficient (Wildman–Crippen LogP) is 4.11. The molecular weight excluding hydrogens is 504 g/mol. The van der Waals surface area contributed by atoms with Gasteiger partial charge in [-0.1, -0.05) is 92.3 Å². The normalized spacial score (nSPS) is 27.6. The van der Waals surface area contributed by atoms with Crippen molar-refractivity contribution in [3.63, 3.8) is 0 Å². The Morgan fingerprint density at radius 3 is 2.30 bits per heavy atom. The minimum Gasteiger partial charge on any atom is -0.374 e. The molecule has 8 heteroatoms. The Kier molecular flexibility index (Phi) is 9.14. The van der Waals surface area contributed by atoms with Crippen LogP contribution in [-0.4, -0.2) is 67.3 Å². The number of nitrogens with one attached hydrogen (secondary N) is 1. The fourth-order valence-corrected chi connectivity index (χ4v) is 5.37. The number of nitrogens with zero attached hydrogens (tertiary/aromatic N) is 1. The van der Waals surface area contributed by atoms with Gasteiger partial charge in [-0.3, -0.25) is 5.32 Å². The van der Waals surface area contributed by atoms with E-state index in [9.17, 15) is 5.11 Å². The van der Waals surface area contributed by atoms with Crippen molar-refractivity contribution in [2.75, 3.05) is 25.7 Å². The van der Waals surface area contributed by atoms with Gasteiger partial charge >= 0.3 is 0 Å². The second-order valence-electron chi connectivity index (χ2n) is 10.7. The maximum Gasteiger partial charge on any atom is 0.199 e. The van der Waals surface area contributed by atoms with E-state index in [-0.39, 0.29) is 19.1 Å². The molecule has 2 heterocycles. The van der Waals surface area contributed by atoms with Crippen molar-refractivity contribution in [2.24, 2.45) is 0 Å². The number of alkyl halides is 1. The molecule has 4 atom stereocenters. The number of benzene rings is 2. The van der Waals surface area contributed by atoms with Crippen molar-refractivity contribution < 1.29 is 19.3 Å². The predicted molar refractivity (Wildman–Crippen MR) is 149 cm³/mol. The molecule has 2 N–H and O–H groups in total. The highest BCUT2D eigenvalue weighted by Crippen LogP contribution is 2.44. The molecule has 0 aliphatic carbocycles. The largest absolute Gasteiger partial charge is 0.374 e. The van der Waals surface area contributed by atoms with Crippen LogP contribution in [0.5, 0.6) is 0 Å². The molecule has 0 saturated carbocycles. The smallest absolute Gasteiger partial charge is 0.199 e. The van der Waals surface area contributed by atoms with Crippen LogP contribution in [0.15, 0.2) is 72.9 Å². The zero-order valence-corrected chi connectivity index (χ0v) is 23.6. The van der Waals surface area contributed by atoms with E-state index in [0.717, 1.165) is 17.7 Å². The third-order valence-corrected chi connectivity index (χ3v) is 7.66. The monoisotopic (exact) mass is 540 g/mol. The highest BCUT2D eigenvalue weighted by atomic mass is 35.5. The second kappa shape index (κ2) is 12.1. The van der Waals surface area contributed by atoms with Gasteiger partial charge in [0.2, 0.25) is 0 Å².